The summed E-state index contributed by atoms with van der Waals surface area (Å²) in [6.07, 6.45) is 18.3. The lowest BCUT2D eigenvalue weighted by atomic mass is 10.1. The molecule has 1 aromatic heterocycles. The number of fused-ring (bicyclic) bond motifs is 2. The quantitative estimate of drug-likeness (QED) is 0.0186. The zero-order chi connectivity index (χ0) is 45.8. The Bertz CT molecular complexity index is 2370. The summed E-state index contributed by atoms with van der Waals surface area (Å²) < 4.78 is 12.7. The second kappa shape index (κ2) is 24.4. The van der Waals surface area contributed by atoms with Crippen molar-refractivity contribution < 1.29 is 29.2 Å². The molecule has 64 heavy (non-hydrogen) atoms. The summed E-state index contributed by atoms with van der Waals surface area (Å²) in [5, 5.41) is 46.3. The van der Waals surface area contributed by atoms with Gasteiger partial charge in [0, 0.05) is 47.5 Å². The predicted octanol–water partition coefficient (Wildman–Crippen LogP) is 12.3. The number of benzene rings is 4. The van der Waals surface area contributed by atoms with Gasteiger partial charge in [-0.2, -0.15) is 0 Å². The molecule has 5 rings (SSSR count). The van der Waals surface area contributed by atoms with E-state index in [1.807, 2.05) is 0 Å². The number of non-ortho nitro benzene ring substituents is 4. The van der Waals surface area contributed by atoms with Crippen LogP contribution in [-0.2, 0) is 0 Å². The molecule has 0 aliphatic heterocycles. The molecule has 0 amide bonds. The topological polar surface area (TPSA) is 217 Å². The number of rotatable bonds is 24. The average molecular weight is 873 g/mol. The summed E-state index contributed by atoms with van der Waals surface area (Å²) in [5.74, 6) is 12.5. The maximum absolute atomic E-state index is 11.6. The number of nitro groups is 4. The fraction of sp³-hybridized carbons (Fsp3) is 0.417. The van der Waals surface area contributed by atoms with Crippen LogP contribution in [0, 0.1) is 64.1 Å². The number of nitro benzene ring substituents is 4. The molecule has 0 atom stereocenters. The lowest BCUT2D eigenvalue weighted by Crippen LogP contribution is -2.04. The molecule has 0 unspecified atom stereocenters. The van der Waals surface area contributed by atoms with Crippen LogP contribution in [0.4, 0.5) is 22.7 Å². The van der Waals surface area contributed by atoms with Gasteiger partial charge in [-0.1, -0.05) is 127 Å². The maximum Gasteiger partial charge on any atom is 0.277 e. The van der Waals surface area contributed by atoms with E-state index in [9.17, 15) is 40.5 Å². The largest absolute Gasteiger partial charge is 0.490 e. The minimum Gasteiger partial charge on any atom is -0.490 e. The molecule has 5 aromatic rings. The highest BCUT2D eigenvalue weighted by molar-refractivity contribution is 5.94. The monoisotopic (exact) mass is 872 g/mol. The van der Waals surface area contributed by atoms with E-state index < -0.39 is 42.4 Å². The first-order valence-electron chi connectivity index (χ1n) is 21.9. The van der Waals surface area contributed by atoms with Crippen molar-refractivity contribution in [3.05, 3.63) is 123 Å². The Morgan fingerprint density at radius 2 is 0.750 bits per heavy atom. The van der Waals surface area contributed by atoms with E-state index in [0.29, 0.717) is 46.9 Å². The Balaban J connectivity index is 1.56. The molecular weight excluding hydrogens is 821 g/mol. The van der Waals surface area contributed by atoms with Crippen LogP contribution in [0.15, 0.2) is 60.7 Å². The molecule has 0 spiro atoms. The van der Waals surface area contributed by atoms with E-state index in [0.717, 1.165) is 74.9 Å². The Morgan fingerprint density at radius 3 is 1.06 bits per heavy atom. The first-order valence-corrected chi connectivity index (χ1v) is 21.9. The first kappa shape index (κ1) is 47.8. The molecule has 0 radical (unpaired) electrons. The number of aromatic nitrogens is 2. The maximum atomic E-state index is 11.6. The van der Waals surface area contributed by atoms with Gasteiger partial charge in [0.25, 0.3) is 22.7 Å². The van der Waals surface area contributed by atoms with E-state index in [2.05, 4.69) is 37.5 Å². The van der Waals surface area contributed by atoms with Crippen molar-refractivity contribution in [1.29, 1.82) is 0 Å². The minimum absolute atomic E-state index is 0.0221. The summed E-state index contributed by atoms with van der Waals surface area (Å²) in [7, 11) is 0. The normalized spacial score (nSPS) is 10.8. The van der Waals surface area contributed by atoms with E-state index in [4.69, 9.17) is 19.4 Å². The van der Waals surface area contributed by atoms with E-state index >= 15 is 0 Å². The van der Waals surface area contributed by atoms with E-state index in [1.165, 1.54) is 64.2 Å². The van der Waals surface area contributed by atoms with Crippen molar-refractivity contribution in [2.24, 2.45) is 0 Å². The van der Waals surface area contributed by atoms with E-state index in [1.54, 1.807) is 24.3 Å². The molecule has 1 heterocycles. The molecule has 4 aromatic carbocycles. The standard InChI is InChI=1S/C48H52N6O10/c1-3-5-7-9-11-13-15-17-25-63-45-33-43-44(34-46(45)64-26-18-16-14-12-10-8-6-4-2)50-48-38(22-20-36-29-41(53(59)60)32-42(30-36)54(61)62)24-23-37(47(48)49-43)21-19-35-27-39(51(55)56)31-40(28-35)52(57)58/h23-24,27-34H,3-18,25-26H2,1-2H3. The molecule has 0 N–H and O–H groups in total. The van der Waals surface area contributed by atoms with Crippen LogP contribution in [0.1, 0.15) is 139 Å². The van der Waals surface area contributed by atoms with Gasteiger partial charge in [0.1, 0.15) is 11.0 Å². The Morgan fingerprint density at radius 1 is 0.438 bits per heavy atom. The van der Waals surface area contributed by atoms with Gasteiger partial charge in [0.05, 0.1) is 67.2 Å². The third-order valence-corrected chi connectivity index (χ3v) is 10.5. The summed E-state index contributed by atoms with van der Waals surface area (Å²) in [6, 6.07) is 12.9. The fourth-order valence-corrected chi connectivity index (χ4v) is 7.06. The van der Waals surface area contributed by atoms with Crippen molar-refractivity contribution in [2.75, 3.05) is 13.2 Å². The Kier molecular flexibility index (Phi) is 18.3. The Hall–Kier alpha value is -7.20. The zero-order valence-corrected chi connectivity index (χ0v) is 36.3. The van der Waals surface area contributed by atoms with Crippen LogP contribution >= 0.6 is 0 Å². The van der Waals surface area contributed by atoms with Crippen molar-refractivity contribution in [2.45, 2.75) is 117 Å². The van der Waals surface area contributed by atoms with Crippen LogP contribution in [0.25, 0.3) is 22.1 Å². The van der Waals surface area contributed by atoms with Gasteiger partial charge in [0.15, 0.2) is 11.5 Å². The van der Waals surface area contributed by atoms with Crippen LogP contribution in [0.2, 0.25) is 0 Å². The smallest absolute Gasteiger partial charge is 0.277 e. The molecular formula is C48H52N6O10. The zero-order valence-electron chi connectivity index (χ0n) is 36.3. The SMILES string of the molecule is CCCCCCCCCCOc1cc2nc3c(C#Cc4cc([N+](=O)[O-])cc([N+](=O)[O-])c4)ccc(C#Cc4cc([N+](=O)[O-])cc([N+](=O)[O-])c4)c3nc2cc1OCCCCCCCCCC. The van der Waals surface area contributed by atoms with Crippen LogP contribution in [-0.4, -0.2) is 42.9 Å². The number of unbranched alkanes of at least 4 members (excludes halogenated alkanes) is 14. The number of hydrogen-bond donors (Lipinski definition) is 0. The van der Waals surface area contributed by atoms with Crippen molar-refractivity contribution in [1.82, 2.24) is 9.97 Å². The molecule has 0 bridgehead atoms. The summed E-state index contributed by atoms with van der Waals surface area (Å²) >= 11 is 0. The van der Waals surface area contributed by atoms with Gasteiger partial charge < -0.3 is 9.47 Å². The van der Waals surface area contributed by atoms with Crippen molar-refractivity contribution in [3.8, 4) is 35.2 Å². The van der Waals surface area contributed by atoms with Crippen molar-refractivity contribution in [3.63, 3.8) is 0 Å². The highest BCUT2D eigenvalue weighted by Gasteiger charge is 2.19. The van der Waals surface area contributed by atoms with Gasteiger partial charge in [0.2, 0.25) is 0 Å². The average Bonchev–Trinajstić information content (AvgIpc) is 3.28. The summed E-state index contributed by atoms with van der Waals surface area (Å²) in [4.78, 5) is 53.2. The molecule has 0 aliphatic carbocycles. The third-order valence-electron chi connectivity index (χ3n) is 10.5. The highest BCUT2D eigenvalue weighted by atomic mass is 16.6. The highest BCUT2D eigenvalue weighted by Crippen LogP contribution is 2.34. The molecule has 0 saturated carbocycles. The van der Waals surface area contributed by atoms with Crippen LogP contribution in [0.3, 0.4) is 0 Å². The van der Waals surface area contributed by atoms with Crippen molar-refractivity contribution >= 4 is 44.8 Å². The predicted molar refractivity (Wildman–Crippen MR) is 245 cm³/mol. The first-order chi connectivity index (χ1) is 31.0. The molecule has 16 nitrogen and oxygen atoms in total. The summed E-state index contributed by atoms with van der Waals surface area (Å²) in [5.41, 5.74) is 0.0690. The minimum atomic E-state index is -0.740. The summed E-state index contributed by atoms with van der Waals surface area (Å²) in [6.45, 7) is 5.35. The molecule has 0 saturated heterocycles. The molecule has 334 valence electrons. The van der Waals surface area contributed by atoms with E-state index in [-0.39, 0.29) is 22.2 Å². The van der Waals surface area contributed by atoms with Gasteiger partial charge >= 0.3 is 0 Å². The van der Waals surface area contributed by atoms with Gasteiger partial charge in [-0.05, 0) is 25.0 Å². The van der Waals surface area contributed by atoms with Gasteiger partial charge in [-0.15, -0.1) is 0 Å². The Labute approximate surface area is 371 Å². The second-order valence-electron chi connectivity index (χ2n) is 15.5. The van der Waals surface area contributed by atoms with Crippen LogP contribution in [0.5, 0.6) is 11.5 Å². The molecule has 0 fully saturated rings. The number of hydrogen-bond acceptors (Lipinski definition) is 12. The third kappa shape index (κ3) is 14.2. The molecule has 0 aliphatic rings. The second-order valence-corrected chi connectivity index (χ2v) is 15.5. The van der Waals surface area contributed by atoms with Crippen LogP contribution < -0.4 is 9.47 Å². The number of ether oxygens (including phenoxy) is 2. The molecule has 16 heteroatoms. The lowest BCUT2D eigenvalue weighted by molar-refractivity contribution is -0.394. The number of nitrogens with zero attached hydrogens (tertiary/aromatic N) is 6. The fourth-order valence-electron chi connectivity index (χ4n) is 7.06. The van der Waals surface area contributed by atoms with Gasteiger partial charge in [-0.25, -0.2) is 9.97 Å². The lowest BCUT2D eigenvalue weighted by Gasteiger charge is -2.15. The van der Waals surface area contributed by atoms with Gasteiger partial charge in [-0.3, -0.25) is 40.5 Å².